The van der Waals surface area contributed by atoms with Gasteiger partial charge in [0.25, 0.3) is 0 Å². The van der Waals surface area contributed by atoms with E-state index in [4.69, 9.17) is 5.73 Å². The summed E-state index contributed by atoms with van der Waals surface area (Å²) in [5, 5.41) is 9.59. The van der Waals surface area contributed by atoms with Crippen LogP contribution in [-0.2, 0) is 6.54 Å². The number of rotatable bonds is 1. The molecule has 0 aliphatic heterocycles. The highest BCUT2D eigenvalue weighted by Crippen LogP contribution is 2.26. The Morgan fingerprint density at radius 3 is 2.33 bits per heavy atom. The molecule has 3 N–H and O–H groups in total. The summed E-state index contributed by atoms with van der Waals surface area (Å²) in [6, 6.07) is 1.96. The van der Waals surface area contributed by atoms with Crippen molar-refractivity contribution in [3.05, 3.63) is 28.3 Å². The van der Waals surface area contributed by atoms with Crippen molar-refractivity contribution in [3.63, 3.8) is 0 Å². The molecule has 0 radical (unpaired) electrons. The number of aromatic hydroxyl groups is 1. The van der Waals surface area contributed by atoms with Gasteiger partial charge in [0.05, 0.1) is 0 Å². The maximum Gasteiger partial charge on any atom is 0.121 e. The van der Waals surface area contributed by atoms with Gasteiger partial charge in [-0.3, -0.25) is 0 Å². The molecule has 0 aliphatic carbocycles. The number of hydrogen-bond donors (Lipinski definition) is 2. The minimum Gasteiger partial charge on any atom is -0.507 e. The zero-order valence-corrected chi connectivity index (χ0v) is 7.81. The molecular weight excluding hydrogens is 150 g/mol. The molecule has 0 saturated carbocycles. The lowest BCUT2D eigenvalue weighted by Crippen LogP contribution is -2.02. The molecule has 0 bridgehead atoms. The molecule has 1 aromatic carbocycles. The minimum absolute atomic E-state index is 0.376. The molecule has 2 nitrogen and oxygen atoms in total. The van der Waals surface area contributed by atoms with E-state index in [0.717, 1.165) is 22.3 Å². The second-order valence-electron chi connectivity index (χ2n) is 3.17. The Labute approximate surface area is 73.0 Å². The van der Waals surface area contributed by atoms with E-state index in [9.17, 15) is 5.11 Å². The van der Waals surface area contributed by atoms with Gasteiger partial charge < -0.3 is 10.8 Å². The Kier molecular flexibility index (Phi) is 2.38. The molecule has 2 heteroatoms. The normalized spacial score (nSPS) is 10.3. The molecule has 0 heterocycles. The van der Waals surface area contributed by atoms with Gasteiger partial charge in [0, 0.05) is 6.54 Å². The van der Waals surface area contributed by atoms with E-state index in [1.807, 2.05) is 26.8 Å². The van der Waals surface area contributed by atoms with Crippen LogP contribution < -0.4 is 5.73 Å². The van der Waals surface area contributed by atoms with Gasteiger partial charge in [0.15, 0.2) is 0 Å². The van der Waals surface area contributed by atoms with Crippen LogP contribution in [0.4, 0.5) is 0 Å². The molecular formula is C10H15NO. The molecule has 1 rings (SSSR count). The van der Waals surface area contributed by atoms with Crippen molar-refractivity contribution in [1.82, 2.24) is 0 Å². The van der Waals surface area contributed by atoms with Crippen molar-refractivity contribution in [2.45, 2.75) is 27.3 Å². The molecule has 66 valence electrons. The van der Waals surface area contributed by atoms with Gasteiger partial charge in [-0.15, -0.1) is 0 Å². The lowest BCUT2D eigenvalue weighted by Gasteiger charge is -2.11. The van der Waals surface area contributed by atoms with E-state index in [1.165, 1.54) is 0 Å². The summed E-state index contributed by atoms with van der Waals surface area (Å²) in [5.74, 6) is 0.376. The van der Waals surface area contributed by atoms with Gasteiger partial charge in [-0.2, -0.15) is 0 Å². The average molecular weight is 165 g/mol. The molecule has 0 aliphatic rings. The molecule has 0 unspecified atom stereocenters. The SMILES string of the molecule is Cc1cc(C)c(CN)c(C)c1O. The maximum absolute atomic E-state index is 9.59. The summed E-state index contributed by atoms with van der Waals surface area (Å²) in [6.45, 7) is 6.31. The predicted molar refractivity (Wildman–Crippen MR) is 50.2 cm³/mol. The Bertz CT molecular complexity index is 305. The lowest BCUT2D eigenvalue weighted by atomic mass is 9.99. The number of aryl methyl sites for hydroxylation is 2. The lowest BCUT2D eigenvalue weighted by molar-refractivity contribution is 0.465. The Balaban J connectivity index is 3.40. The minimum atomic E-state index is 0.376. The molecule has 0 saturated heterocycles. The fourth-order valence-electron chi connectivity index (χ4n) is 1.53. The van der Waals surface area contributed by atoms with Crippen LogP contribution in [0.15, 0.2) is 6.07 Å². The van der Waals surface area contributed by atoms with Gasteiger partial charge in [0.1, 0.15) is 5.75 Å². The molecule has 0 atom stereocenters. The molecule has 0 amide bonds. The van der Waals surface area contributed by atoms with Crippen LogP contribution in [0.25, 0.3) is 0 Å². The van der Waals surface area contributed by atoms with Gasteiger partial charge in [-0.05, 0) is 43.0 Å². The van der Waals surface area contributed by atoms with Crippen molar-refractivity contribution >= 4 is 0 Å². The summed E-state index contributed by atoms with van der Waals surface area (Å²) in [6.07, 6.45) is 0. The van der Waals surface area contributed by atoms with Crippen LogP contribution in [0.5, 0.6) is 5.75 Å². The predicted octanol–water partition coefficient (Wildman–Crippen LogP) is 1.78. The first-order valence-corrected chi connectivity index (χ1v) is 4.06. The van der Waals surface area contributed by atoms with Crippen LogP contribution in [0.2, 0.25) is 0 Å². The number of nitrogens with two attached hydrogens (primary N) is 1. The molecule has 0 aromatic heterocycles. The smallest absolute Gasteiger partial charge is 0.121 e. The highest BCUT2D eigenvalue weighted by atomic mass is 16.3. The summed E-state index contributed by atoms with van der Waals surface area (Å²) in [4.78, 5) is 0. The second-order valence-corrected chi connectivity index (χ2v) is 3.17. The van der Waals surface area contributed by atoms with Crippen LogP contribution >= 0.6 is 0 Å². The second kappa shape index (κ2) is 3.15. The van der Waals surface area contributed by atoms with Gasteiger partial charge >= 0.3 is 0 Å². The zero-order chi connectivity index (χ0) is 9.30. The number of phenolic OH excluding ortho intramolecular Hbond substituents is 1. The fraction of sp³-hybridized carbons (Fsp3) is 0.400. The highest BCUT2D eigenvalue weighted by molar-refractivity contribution is 5.48. The van der Waals surface area contributed by atoms with E-state index in [2.05, 4.69) is 0 Å². The fourth-order valence-corrected chi connectivity index (χ4v) is 1.53. The standard InChI is InChI=1S/C10H15NO/c1-6-4-7(2)10(12)8(3)9(6)5-11/h4,12H,5,11H2,1-3H3. The van der Waals surface area contributed by atoms with Crippen molar-refractivity contribution < 1.29 is 5.11 Å². The van der Waals surface area contributed by atoms with Crippen LogP contribution in [0.3, 0.4) is 0 Å². The monoisotopic (exact) mass is 165 g/mol. The van der Waals surface area contributed by atoms with E-state index in [-0.39, 0.29) is 0 Å². The Hall–Kier alpha value is -1.02. The van der Waals surface area contributed by atoms with Crippen LogP contribution in [0, 0.1) is 20.8 Å². The van der Waals surface area contributed by atoms with E-state index < -0.39 is 0 Å². The van der Waals surface area contributed by atoms with Crippen molar-refractivity contribution in [2.24, 2.45) is 5.73 Å². The number of hydrogen-bond acceptors (Lipinski definition) is 2. The quantitative estimate of drug-likeness (QED) is 0.666. The maximum atomic E-state index is 9.59. The van der Waals surface area contributed by atoms with Crippen LogP contribution in [-0.4, -0.2) is 5.11 Å². The molecule has 0 fully saturated rings. The summed E-state index contributed by atoms with van der Waals surface area (Å²) < 4.78 is 0. The first-order chi connectivity index (χ1) is 5.57. The van der Waals surface area contributed by atoms with Gasteiger partial charge in [-0.25, -0.2) is 0 Å². The first kappa shape index (κ1) is 9.07. The Morgan fingerprint density at radius 2 is 1.83 bits per heavy atom. The molecule has 12 heavy (non-hydrogen) atoms. The largest absolute Gasteiger partial charge is 0.507 e. The first-order valence-electron chi connectivity index (χ1n) is 4.06. The topological polar surface area (TPSA) is 46.2 Å². The summed E-state index contributed by atoms with van der Waals surface area (Å²) in [5.41, 5.74) is 9.60. The van der Waals surface area contributed by atoms with Crippen molar-refractivity contribution in [3.8, 4) is 5.75 Å². The van der Waals surface area contributed by atoms with Crippen molar-refractivity contribution in [2.75, 3.05) is 0 Å². The molecule has 0 spiro atoms. The van der Waals surface area contributed by atoms with Crippen molar-refractivity contribution in [1.29, 1.82) is 0 Å². The third-order valence-corrected chi connectivity index (χ3v) is 2.29. The molecule has 1 aromatic rings. The summed E-state index contributed by atoms with van der Waals surface area (Å²) >= 11 is 0. The van der Waals surface area contributed by atoms with E-state index in [0.29, 0.717) is 12.3 Å². The zero-order valence-electron chi connectivity index (χ0n) is 7.81. The Morgan fingerprint density at radius 1 is 1.25 bits per heavy atom. The average Bonchev–Trinajstić information content (AvgIpc) is 2.01. The summed E-state index contributed by atoms with van der Waals surface area (Å²) in [7, 11) is 0. The number of phenols is 1. The number of benzene rings is 1. The van der Waals surface area contributed by atoms with E-state index in [1.54, 1.807) is 0 Å². The highest BCUT2D eigenvalue weighted by Gasteiger charge is 2.07. The third-order valence-electron chi connectivity index (χ3n) is 2.29. The third kappa shape index (κ3) is 1.30. The van der Waals surface area contributed by atoms with Gasteiger partial charge in [0.2, 0.25) is 0 Å². The van der Waals surface area contributed by atoms with Crippen LogP contribution in [0.1, 0.15) is 22.3 Å². The van der Waals surface area contributed by atoms with Gasteiger partial charge in [-0.1, -0.05) is 6.07 Å². The van der Waals surface area contributed by atoms with E-state index >= 15 is 0 Å².